The van der Waals surface area contributed by atoms with Crippen LogP contribution >= 0.6 is 11.6 Å². The van der Waals surface area contributed by atoms with E-state index in [0.29, 0.717) is 35.4 Å². The van der Waals surface area contributed by atoms with E-state index in [4.69, 9.17) is 11.6 Å². The molecule has 4 aliphatic heterocycles. The Balaban J connectivity index is 1.33. The number of nitrogens with zero attached hydrogens (tertiary/aromatic N) is 2. The lowest BCUT2D eigenvalue weighted by molar-refractivity contribution is -0.153. The molecule has 4 saturated heterocycles. The fourth-order valence-electron chi connectivity index (χ4n) is 6.34. The fourth-order valence-corrected chi connectivity index (χ4v) is 6.51. The Morgan fingerprint density at radius 1 is 1.14 bits per heavy atom. The predicted molar refractivity (Wildman–Crippen MR) is 110 cm³/mol. The van der Waals surface area contributed by atoms with Gasteiger partial charge in [0.05, 0.1) is 5.56 Å². The van der Waals surface area contributed by atoms with Crippen LogP contribution in [0, 0.1) is 11.8 Å². The Kier molecular flexibility index (Phi) is 4.95. The van der Waals surface area contributed by atoms with E-state index >= 15 is 0 Å². The lowest BCUT2D eigenvalue weighted by atomic mass is 9.67. The first-order valence-corrected chi connectivity index (χ1v) is 11.2. The maximum absolute atomic E-state index is 13.3. The molecular formula is C22H28ClN3O3. The van der Waals surface area contributed by atoms with Gasteiger partial charge in [-0.3, -0.25) is 14.5 Å². The highest BCUT2D eigenvalue weighted by Gasteiger charge is 2.52. The number of nitrogens with one attached hydrogen (secondary N) is 1. The first-order valence-electron chi connectivity index (χ1n) is 10.9. The van der Waals surface area contributed by atoms with Crippen LogP contribution in [-0.2, 0) is 4.79 Å². The van der Waals surface area contributed by atoms with Gasteiger partial charge in [-0.2, -0.15) is 0 Å². The zero-order chi connectivity index (χ0) is 20.1. The second kappa shape index (κ2) is 7.47. The number of amides is 2. The van der Waals surface area contributed by atoms with E-state index in [1.807, 2.05) is 0 Å². The highest BCUT2D eigenvalue weighted by molar-refractivity contribution is 6.31. The third-order valence-corrected chi connectivity index (χ3v) is 7.75. The number of phenolic OH excluding ortho intramolecular Hbond substituents is 1. The van der Waals surface area contributed by atoms with E-state index < -0.39 is 11.9 Å². The highest BCUT2D eigenvalue weighted by Crippen LogP contribution is 2.44. The highest BCUT2D eigenvalue weighted by atomic mass is 35.5. The summed E-state index contributed by atoms with van der Waals surface area (Å²) in [5.41, 5.74) is 0.112. The third-order valence-electron chi connectivity index (χ3n) is 7.51. The van der Waals surface area contributed by atoms with Crippen molar-refractivity contribution in [3.8, 4) is 5.75 Å². The quantitative estimate of drug-likeness (QED) is 0.775. The minimum Gasteiger partial charge on any atom is -0.507 e. The second-order valence-electron chi connectivity index (χ2n) is 9.06. The minimum absolute atomic E-state index is 0.0391. The Hall–Kier alpha value is -1.79. The van der Waals surface area contributed by atoms with Crippen molar-refractivity contribution in [1.82, 2.24) is 15.1 Å². The van der Waals surface area contributed by atoms with Crippen LogP contribution in [0.5, 0.6) is 5.75 Å². The van der Waals surface area contributed by atoms with Gasteiger partial charge in [0, 0.05) is 23.7 Å². The van der Waals surface area contributed by atoms with Crippen LogP contribution in [0.4, 0.5) is 0 Å². The van der Waals surface area contributed by atoms with Gasteiger partial charge in [0.1, 0.15) is 11.8 Å². The van der Waals surface area contributed by atoms with Gasteiger partial charge in [-0.05, 0) is 81.6 Å². The fraction of sp³-hybridized carbons (Fsp3) is 0.636. The monoisotopic (exact) mass is 417 g/mol. The van der Waals surface area contributed by atoms with Crippen LogP contribution < -0.4 is 5.32 Å². The molecule has 1 aromatic rings. The maximum atomic E-state index is 13.3. The zero-order valence-corrected chi connectivity index (χ0v) is 17.3. The first kappa shape index (κ1) is 19.2. The van der Waals surface area contributed by atoms with Crippen molar-refractivity contribution in [2.24, 2.45) is 11.8 Å². The number of aromatic hydroxyl groups is 1. The molecule has 5 atom stereocenters. The number of halogens is 1. The summed E-state index contributed by atoms with van der Waals surface area (Å²) < 4.78 is 0. The molecule has 0 aliphatic carbocycles. The zero-order valence-electron chi connectivity index (χ0n) is 16.5. The molecule has 6 nitrogen and oxygen atoms in total. The molecule has 1 unspecified atom stereocenters. The van der Waals surface area contributed by atoms with Gasteiger partial charge in [0.2, 0.25) is 5.91 Å². The summed E-state index contributed by atoms with van der Waals surface area (Å²) in [6, 6.07) is 4.78. The number of fused-ring (bicyclic) bond motifs is 2. The van der Waals surface area contributed by atoms with Crippen LogP contribution in [-0.4, -0.2) is 64.5 Å². The van der Waals surface area contributed by atoms with Crippen molar-refractivity contribution in [2.45, 2.75) is 56.7 Å². The third kappa shape index (κ3) is 3.30. The summed E-state index contributed by atoms with van der Waals surface area (Å²) in [6.07, 6.45) is 6.43. The van der Waals surface area contributed by atoms with E-state index in [2.05, 4.69) is 15.1 Å². The van der Waals surface area contributed by atoms with Crippen molar-refractivity contribution in [3.05, 3.63) is 28.8 Å². The topological polar surface area (TPSA) is 72.9 Å². The maximum Gasteiger partial charge on any atom is 0.255 e. The summed E-state index contributed by atoms with van der Waals surface area (Å²) in [4.78, 5) is 30.8. The van der Waals surface area contributed by atoms with E-state index in [0.717, 1.165) is 13.0 Å². The molecule has 7 heteroatoms. The summed E-state index contributed by atoms with van der Waals surface area (Å²) in [5.74, 6) is 0.592. The first-order chi connectivity index (χ1) is 14.0. The van der Waals surface area contributed by atoms with Crippen molar-refractivity contribution in [2.75, 3.05) is 19.6 Å². The molecule has 0 saturated carbocycles. The van der Waals surface area contributed by atoms with Crippen molar-refractivity contribution in [3.63, 3.8) is 0 Å². The Bertz CT molecular complexity index is 830. The van der Waals surface area contributed by atoms with Crippen LogP contribution in [0.2, 0.25) is 5.02 Å². The molecule has 4 heterocycles. The molecule has 4 aliphatic rings. The van der Waals surface area contributed by atoms with Gasteiger partial charge in [-0.15, -0.1) is 0 Å². The van der Waals surface area contributed by atoms with Gasteiger partial charge in [0.15, 0.2) is 0 Å². The van der Waals surface area contributed by atoms with Crippen molar-refractivity contribution >= 4 is 23.4 Å². The number of piperidine rings is 4. The number of hydrogen-bond donors (Lipinski definition) is 2. The average molecular weight is 418 g/mol. The van der Waals surface area contributed by atoms with Crippen LogP contribution in [0.3, 0.4) is 0 Å². The van der Waals surface area contributed by atoms with Gasteiger partial charge < -0.3 is 15.3 Å². The molecule has 156 valence electrons. The molecular weight excluding hydrogens is 390 g/mol. The van der Waals surface area contributed by atoms with E-state index in [1.54, 1.807) is 0 Å². The number of hydrogen-bond acceptors (Lipinski definition) is 4. The lowest BCUT2D eigenvalue weighted by Crippen LogP contribution is -2.69. The number of rotatable bonds is 2. The van der Waals surface area contributed by atoms with Crippen LogP contribution in [0.1, 0.15) is 48.9 Å². The van der Waals surface area contributed by atoms with E-state index in [-0.39, 0.29) is 17.2 Å². The van der Waals surface area contributed by atoms with Gasteiger partial charge in [0.25, 0.3) is 5.91 Å². The summed E-state index contributed by atoms with van der Waals surface area (Å²) in [6.45, 7) is 3.23. The van der Waals surface area contributed by atoms with Crippen molar-refractivity contribution in [1.29, 1.82) is 0 Å². The van der Waals surface area contributed by atoms with Gasteiger partial charge >= 0.3 is 0 Å². The number of benzene rings is 1. The SMILES string of the molecule is O=C(NC1CC[C@@H]2[C@H]3CCCN4CCC[C@@H](CN2C1=O)[C@@H]34)c1cc(Cl)ccc1O. The Morgan fingerprint density at radius 2 is 1.93 bits per heavy atom. The second-order valence-corrected chi connectivity index (χ2v) is 9.49. The van der Waals surface area contributed by atoms with E-state index in [9.17, 15) is 14.7 Å². The smallest absolute Gasteiger partial charge is 0.255 e. The lowest BCUT2D eigenvalue weighted by Gasteiger charge is -2.59. The van der Waals surface area contributed by atoms with E-state index in [1.165, 1.54) is 57.0 Å². The van der Waals surface area contributed by atoms with Crippen LogP contribution in [0.15, 0.2) is 18.2 Å². The molecule has 5 rings (SSSR count). The molecule has 2 amide bonds. The normalized spacial score (nSPS) is 34.3. The molecule has 0 aromatic heterocycles. The molecule has 2 N–H and O–H groups in total. The molecule has 0 spiro atoms. The summed E-state index contributed by atoms with van der Waals surface area (Å²) in [7, 11) is 0. The summed E-state index contributed by atoms with van der Waals surface area (Å²) >= 11 is 5.97. The molecule has 0 radical (unpaired) electrons. The predicted octanol–water partition coefficient (Wildman–Crippen LogP) is 2.64. The van der Waals surface area contributed by atoms with Crippen molar-refractivity contribution < 1.29 is 14.7 Å². The molecule has 29 heavy (non-hydrogen) atoms. The Morgan fingerprint density at radius 3 is 2.76 bits per heavy atom. The molecule has 4 fully saturated rings. The standard InChI is InChI=1S/C22H28ClN3O3/c23-14-5-8-19(27)16(11-14)21(28)24-17-6-7-18-15-4-2-10-25-9-1-3-13(20(15)25)12-26(18)22(17)29/h5,8,11,13,15,17-18,20,27H,1-4,6-7,9-10,12H2,(H,24,28)/t13-,15+,17?,18+,20-/m0/s1. The van der Waals surface area contributed by atoms with Crippen LogP contribution in [0.25, 0.3) is 0 Å². The van der Waals surface area contributed by atoms with Gasteiger partial charge in [-0.25, -0.2) is 0 Å². The molecule has 1 aromatic carbocycles. The molecule has 0 bridgehead atoms. The van der Waals surface area contributed by atoms with Gasteiger partial charge in [-0.1, -0.05) is 11.6 Å². The number of carbonyl (C=O) groups is 2. The summed E-state index contributed by atoms with van der Waals surface area (Å²) in [5, 5.41) is 13.2. The number of carbonyl (C=O) groups excluding carboxylic acids is 2. The Labute approximate surface area is 176 Å². The largest absolute Gasteiger partial charge is 0.507 e. The minimum atomic E-state index is -0.531. The number of phenols is 1. The average Bonchev–Trinajstić information content (AvgIpc) is 2.72.